The van der Waals surface area contributed by atoms with Gasteiger partial charge in [0.1, 0.15) is 5.82 Å². The Morgan fingerprint density at radius 1 is 1.20 bits per heavy atom. The minimum absolute atomic E-state index is 0.163. The van der Waals surface area contributed by atoms with Crippen molar-refractivity contribution in [2.24, 2.45) is 0 Å². The zero-order chi connectivity index (χ0) is 14.8. The molecule has 0 unspecified atom stereocenters. The fourth-order valence-electron chi connectivity index (χ4n) is 1.49. The van der Waals surface area contributed by atoms with Crippen LogP contribution in [0.4, 0.5) is 30.4 Å². The Kier molecular flexibility index (Phi) is 4.03. The molecule has 0 aliphatic carbocycles. The van der Waals surface area contributed by atoms with Crippen LogP contribution in [0.2, 0.25) is 0 Å². The van der Waals surface area contributed by atoms with Crippen LogP contribution in [0.1, 0.15) is 0 Å². The van der Waals surface area contributed by atoms with Crippen LogP contribution < -0.4 is 15.8 Å². The number of rotatable bonds is 3. The highest BCUT2D eigenvalue weighted by molar-refractivity contribution is 9.10. The quantitative estimate of drug-likeness (QED) is 0.878. The largest absolute Gasteiger partial charge is 0.573 e. The minimum Gasteiger partial charge on any atom is -0.404 e. The van der Waals surface area contributed by atoms with E-state index in [1.165, 1.54) is 24.4 Å². The van der Waals surface area contributed by atoms with E-state index in [-0.39, 0.29) is 17.3 Å². The molecule has 2 rings (SSSR count). The van der Waals surface area contributed by atoms with Crippen LogP contribution in [0, 0.1) is 0 Å². The van der Waals surface area contributed by atoms with Gasteiger partial charge in [-0.05, 0) is 24.3 Å². The fraction of sp³-hybridized carbons (Fsp3) is 0.0833. The van der Waals surface area contributed by atoms with Crippen LogP contribution >= 0.6 is 15.9 Å². The number of nitrogen functional groups attached to an aromatic ring is 1. The number of nitrogens with one attached hydrogen (secondary N) is 1. The summed E-state index contributed by atoms with van der Waals surface area (Å²) in [4.78, 5) is 3.80. The van der Waals surface area contributed by atoms with E-state index in [0.29, 0.717) is 10.2 Å². The van der Waals surface area contributed by atoms with Crippen molar-refractivity contribution in [2.45, 2.75) is 6.36 Å². The summed E-state index contributed by atoms with van der Waals surface area (Å²) < 4.78 is 41.5. The first-order chi connectivity index (χ1) is 9.33. The summed E-state index contributed by atoms with van der Waals surface area (Å²) in [6, 6.07) is 7.35. The molecule has 1 aromatic heterocycles. The molecular weight excluding hydrogens is 339 g/mol. The van der Waals surface area contributed by atoms with Gasteiger partial charge in [-0.25, -0.2) is 4.98 Å². The lowest BCUT2D eigenvalue weighted by Gasteiger charge is -2.15. The number of nitrogens with two attached hydrogens (primary N) is 1. The normalized spacial score (nSPS) is 11.2. The van der Waals surface area contributed by atoms with E-state index in [1.807, 2.05) is 0 Å². The maximum Gasteiger partial charge on any atom is 0.573 e. The lowest BCUT2D eigenvalue weighted by atomic mass is 10.2. The van der Waals surface area contributed by atoms with Gasteiger partial charge in [0.15, 0.2) is 5.75 Å². The third kappa shape index (κ3) is 4.02. The first kappa shape index (κ1) is 14.4. The molecule has 0 bridgehead atoms. The number of pyridine rings is 1. The van der Waals surface area contributed by atoms with Gasteiger partial charge in [-0.1, -0.05) is 15.9 Å². The number of hydrogen-bond acceptors (Lipinski definition) is 4. The second-order valence-corrected chi connectivity index (χ2v) is 4.70. The average Bonchev–Trinajstić information content (AvgIpc) is 2.31. The Morgan fingerprint density at radius 2 is 1.95 bits per heavy atom. The van der Waals surface area contributed by atoms with Gasteiger partial charge in [-0.3, -0.25) is 0 Å². The SMILES string of the molecule is Nc1cc(Nc2ccc(Br)cc2OC(F)(F)F)ccn1. The summed E-state index contributed by atoms with van der Waals surface area (Å²) in [7, 11) is 0. The second kappa shape index (κ2) is 5.58. The maximum absolute atomic E-state index is 12.4. The van der Waals surface area contributed by atoms with Gasteiger partial charge < -0.3 is 15.8 Å². The number of ether oxygens (including phenoxy) is 1. The predicted molar refractivity (Wildman–Crippen MR) is 72.8 cm³/mol. The number of hydrogen-bond donors (Lipinski definition) is 2. The topological polar surface area (TPSA) is 60.2 Å². The van der Waals surface area contributed by atoms with Gasteiger partial charge in [0.25, 0.3) is 0 Å². The highest BCUT2D eigenvalue weighted by atomic mass is 79.9. The maximum atomic E-state index is 12.4. The van der Waals surface area contributed by atoms with E-state index in [4.69, 9.17) is 5.73 Å². The molecule has 20 heavy (non-hydrogen) atoms. The third-order valence-corrected chi connectivity index (χ3v) is 2.72. The molecule has 0 spiro atoms. The fourth-order valence-corrected chi connectivity index (χ4v) is 1.83. The molecule has 0 radical (unpaired) electrons. The molecule has 0 fully saturated rings. The van der Waals surface area contributed by atoms with Crippen molar-refractivity contribution in [3.63, 3.8) is 0 Å². The highest BCUT2D eigenvalue weighted by Crippen LogP contribution is 2.34. The summed E-state index contributed by atoms with van der Waals surface area (Å²) in [6.45, 7) is 0. The summed E-state index contributed by atoms with van der Waals surface area (Å²) in [5, 5.41) is 2.80. The Labute approximate surface area is 120 Å². The molecule has 1 heterocycles. The van der Waals surface area contributed by atoms with Gasteiger partial charge >= 0.3 is 6.36 Å². The molecule has 2 aromatic rings. The number of benzene rings is 1. The molecule has 0 aliphatic heterocycles. The van der Waals surface area contributed by atoms with E-state index in [0.717, 1.165) is 0 Å². The van der Waals surface area contributed by atoms with Gasteiger partial charge in [-0.15, -0.1) is 13.2 Å². The van der Waals surface area contributed by atoms with Crippen molar-refractivity contribution in [1.29, 1.82) is 0 Å². The van der Waals surface area contributed by atoms with Gasteiger partial charge in [0.05, 0.1) is 5.69 Å². The molecule has 0 saturated heterocycles. The van der Waals surface area contributed by atoms with Crippen molar-refractivity contribution in [3.05, 3.63) is 41.0 Å². The number of nitrogens with zero attached hydrogens (tertiary/aromatic N) is 1. The summed E-state index contributed by atoms with van der Waals surface area (Å²) >= 11 is 3.10. The number of alkyl halides is 3. The van der Waals surface area contributed by atoms with Crippen molar-refractivity contribution >= 4 is 33.1 Å². The van der Waals surface area contributed by atoms with Crippen LogP contribution in [-0.2, 0) is 0 Å². The smallest absolute Gasteiger partial charge is 0.404 e. The van der Waals surface area contributed by atoms with Crippen LogP contribution in [0.15, 0.2) is 41.0 Å². The Morgan fingerprint density at radius 3 is 2.60 bits per heavy atom. The molecule has 3 N–H and O–H groups in total. The molecule has 0 amide bonds. The lowest BCUT2D eigenvalue weighted by Crippen LogP contribution is -2.18. The van der Waals surface area contributed by atoms with Crippen molar-refractivity contribution in [3.8, 4) is 5.75 Å². The summed E-state index contributed by atoms with van der Waals surface area (Å²) in [5.41, 5.74) is 6.18. The van der Waals surface area contributed by atoms with E-state index in [1.54, 1.807) is 12.1 Å². The van der Waals surface area contributed by atoms with Crippen LogP contribution in [-0.4, -0.2) is 11.3 Å². The summed E-state index contributed by atoms with van der Waals surface area (Å²) in [6.07, 6.45) is -3.32. The molecule has 4 nitrogen and oxygen atoms in total. The zero-order valence-corrected chi connectivity index (χ0v) is 11.5. The Balaban J connectivity index is 2.31. The van der Waals surface area contributed by atoms with Crippen LogP contribution in [0.5, 0.6) is 5.75 Å². The van der Waals surface area contributed by atoms with Crippen molar-refractivity contribution < 1.29 is 17.9 Å². The van der Waals surface area contributed by atoms with Gasteiger partial charge in [-0.2, -0.15) is 0 Å². The molecule has 0 atom stereocenters. The average molecular weight is 348 g/mol. The van der Waals surface area contributed by atoms with Crippen molar-refractivity contribution in [1.82, 2.24) is 4.98 Å². The second-order valence-electron chi connectivity index (χ2n) is 3.78. The first-order valence-corrected chi connectivity index (χ1v) is 6.17. The highest BCUT2D eigenvalue weighted by Gasteiger charge is 2.32. The number of aromatic nitrogens is 1. The van der Waals surface area contributed by atoms with Crippen molar-refractivity contribution in [2.75, 3.05) is 11.1 Å². The Bertz CT molecular complexity index is 619. The third-order valence-electron chi connectivity index (χ3n) is 2.23. The van der Waals surface area contributed by atoms with Crippen LogP contribution in [0.3, 0.4) is 0 Å². The standard InChI is InChI=1S/C12H9BrF3N3O/c13-7-1-2-9(10(5-7)20-12(14,15)16)19-8-3-4-18-11(17)6-8/h1-6H,(H3,17,18,19). The summed E-state index contributed by atoms with van der Waals surface area (Å²) in [5.74, 6) is -0.0901. The number of anilines is 3. The van der Waals surface area contributed by atoms with E-state index in [2.05, 4.69) is 31.0 Å². The molecule has 0 saturated carbocycles. The van der Waals surface area contributed by atoms with Crippen LogP contribution in [0.25, 0.3) is 0 Å². The van der Waals surface area contributed by atoms with E-state index >= 15 is 0 Å². The Hall–Kier alpha value is -1.96. The first-order valence-electron chi connectivity index (χ1n) is 5.37. The monoisotopic (exact) mass is 347 g/mol. The van der Waals surface area contributed by atoms with E-state index < -0.39 is 6.36 Å². The minimum atomic E-state index is -4.77. The molecule has 1 aromatic carbocycles. The van der Waals surface area contributed by atoms with E-state index in [9.17, 15) is 13.2 Å². The zero-order valence-electron chi connectivity index (χ0n) is 9.91. The molecule has 0 aliphatic rings. The molecule has 8 heteroatoms. The predicted octanol–water partition coefficient (Wildman–Crippen LogP) is 4.07. The molecular formula is C12H9BrF3N3O. The van der Waals surface area contributed by atoms with Gasteiger partial charge in [0.2, 0.25) is 0 Å². The lowest BCUT2D eigenvalue weighted by molar-refractivity contribution is -0.274. The molecule has 106 valence electrons. The van der Waals surface area contributed by atoms with Gasteiger partial charge in [0, 0.05) is 22.4 Å². The number of halogens is 4.